The Bertz CT molecular complexity index is 387. The lowest BCUT2D eigenvalue weighted by Crippen LogP contribution is -2.45. The second kappa shape index (κ2) is 6.08. The molecule has 1 rings (SSSR count). The zero-order valence-electron chi connectivity index (χ0n) is 13.7. The predicted octanol–water partition coefficient (Wildman–Crippen LogP) is 3.40. The van der Waals surface area contributed by atoms with Crippen LogP contribution in [0.5, 0.6) is 0 Å². The number of nitrogens with one attached hydrogen (secondary N) is 1. The molecule has 110 valence electrons. The van der Waals surface area contributed by atoms with Crippen LogP contribution in [0.15, 0.2) is 12.3 Å². The van der Waals surface area contributed by atoms with Crippen LogP contribution in [0, 0.1) is 11.3 Å². The van der Waals surface area contributed by atoms with E-state index in [4.69, 9.17) is 0 Å². The highest BCUT2D eigenvalue weighted by Gasteiger charge is 2.29. The number of aromatic nitrogens is 2. The molecule has 0 aliphatic heterocycles. The Kier molecular flexibility index (Phi) is 5.19. The van der Waals surface area contributed by atoms with Crippen molar-refractivity contribution in [3.05, 3.63) is 18.0 Å². The van der Waals surface area contributed by atoms with Crippen LogP contribution in [0.3, 0.4) is 0 Å². The molecule has 19 heavy (non-hydrogen) atoms. The minimum atomic E-state index is 0.183. The molecule has 0 aliphatic rings. The maximum Gasteiger partial charge on any atom is 0.0492 e. The van der Waals surface area contributed by atoms with Crippen molar-refractivity contribution in [3.8, 4) is 0 Å². The Morgan fingerprint density at radius 3 is 2.32 bits per heavy atom. The fourth-order valence-electron chi connectivity index (χ4n) is 2.11. The average Bonchev–Trinajstić information content (AvgIpc) is 2.68. The molecular formula is C16H31N3. The number of nitrogens with zero attached hydrogens (tertiary/aromatic N) is 2. The molecule has 0 saturated heterocycles. The van der Waals surface area contributed by atoms with Gasteiger partial charge in [0.2, 0.25) is 0 Å². The molecule has 1 atom stereocenters. The third kappa shape index (κ3) is 4.98. The quantitative estimate of drug-likeness (QED) is 0.854. The van der Waals surface area contributed by atoms with Crippen molar-refractivity contribution < 1.29 is 0 Å². The summed E-state index contributed by atoms with van der Waals surface area (Å²) in [5, 5.41) is 7.91. The zero-order chi connectivity index (χ0) is 14.7. The van der Waals surface area contributed by atoms with Crippen LogP contribution in [0.4, 0.5) is 0 Å². The molecule has 0 aliphatic carbocycles. The zero-order valence-corrected chi connectivity index (χ0v) is 13.7. The van der Waals surface area contributed by atoms with Gasteiger partial charge >= 0.3 is 0 Å². The van der Waals surface area contributed by atoms with Gasteiger partial charge in [-0.2, -0.15) is 5.10 Å². The molecule has 3 heteroatoms. The standard InChI is InChI=1S/C16H31N3/c1-13(2)16(6,12-17-15(3,4)5)10-8-14-9-11-18-19(14)7/h9,11,13,17H,8,10,12H2,1-7H3. The van der Waals surface area contributed by atoms with Gasteiger partial charge in [-0.3, -0.25) is 4.68 Å². The monoisotopic (exact) mass is 265 g/mol. The Hall–Kier alpha value is -0.830. The van der Waals surface area contributed by atoms with Gasteiger partial charge < -0.3 is 5.32 Å². The maximum atomic E-state index is 4.25. The van der Waals surface area contributed by atoms with Crippen molar-refractivity contribution >= 4 is 0 Å². The lowest BCUT2D eigenvalue weighted by molar-refractivity contribution is 0.173. The van der Waals surface area contributed by atoms with E-state index in [2.05, 4.69) is 58.0 Å². The molecular weight excluding hydrogens is 234 g/mol. The first-order valence-electron chi connectivity index (χ1n) is 7.36. The minimum absolute atomic E-state index is 0.183. The van der Waals surface area contributed by atoms with E-state index in [-0.39, 0.29) is 5.54 Å². The summed E-state index contributed by atoms with van der Waals surface area (Å²) in [6.07, 6.45) is 4.17. The van der Waals surface area contributed by atoms with E-state index in [1.807, 2.05) is 17.9 Å². The third-order valence-electron chi connectivity index (χ3n) is 4.29. The van der Waals surface area contributed by atoms with Gasteiger partial charge in [0.25, 0.3) is 0 Å². The first-order chi connectivity index (χ1) is 8.64. The molecule has 3 nitrogen and oxygen atoms in total. The number of hydrogen-bond donors (Lipinski definition) is 1. The maximum absolute atomic E-state index is 4.25. The summed E-state index contributed by atoms with van der Waals surface area (Å²) in [5.74, 6) is 0.663. The van der Waals surface area contributed by atoms with Gasteiger partial charge in [-0.15, -0.1) is 0 Å². The topological polar surface area (TPSA) is 29.9 Å². The van der Waals surface area contributed by atoms with Crippen molar-refractivity contribution in [2.75, 3.05) is 6.54 Å². The molecule has 1 N–H and O–H groups in total. The van der Waals surface area contributed by atoms with Gasteiger partial charge in [0.05, 0.1) is 0 Å². The fraction of sp³-hybridized carbons (Fsp3) is 0.812. The Morgan fingerprint density at radius 1 is 1.26 bits per heavy atom. The van der Waals surface area contributed by atoms with Gasteiger partial charge in [0, 0.05) is 31.0 Å². The van der Waals surface area contributed by atoms with E-state index in [0.717, 1.165) is 13.0 Å². The molecule has 1 unspecified atom stereocenters. The molecule has 1 aromatic heterocycles. The van der Waals surface area contributed by atoms with Gasteiger partial charge in [-0.1, -0.05) is 20.8 Å². The number of aryl methyl sites for hydroxylation is 2. The van der Waals surface area contributed by atoms with E-state index in [9.17, 15) is 0 Å². The second-order valence-electron chi connectivity index (χ2n) is 7.36. The van der Waals surface area contributed by atoms with Crippen molar-refractivity contribution in [1.82, 2.24) is 15.1 Å². The first kappa shape index (κ1) is 16.2. The molecule has 0 spiro atoms. The van der Waals surface area contributed by atoms with Gasteiger partial charge in [0.1, 0.15) is 0 Å². The number of hydrogen-bond acceptors (Lipinski definition) is 2. The Morgan fingerprint density at radius 2 is 1.89 bits per heavy atom. The van der Waals surface area contributed by atoms with Crippen LogP contribution in [0.1, 0.15) is 53.7 Å². The predicted molar refractivity (Wildman–Crippen MR) is 82.2 cm³/mol. The van der Waals surface area contributed by atoms with E-state index in [1.165, 1.54) is 12.1 Å². The summed E-state index contributed by atoms with van der Waals surface area (Å²) in [6.45, 7) is 14.8. The molecule has 0 bridgehead atoms. The summed E-state index contributed by atoms with van der Waals surface area (Å²) in [6, 6.07) is 2.12. The van der Waals surface area contributed by atoms with Crippen LogP contribution in [-0.2, 0) is 13.5 Å². The lowest BCUT2D eigenvalue weighted by Gasteiger charge is -2.37. The van der Waals surface area contributed by atoms with Crippen LogP contribution >= 0.6 is 0 Å². The van der Waals surface area contributed by atoms with Crippen LogP contribution in [0.25, 0.3) is 0 Å². The van der Waals surface area contributed by atoms with Gasteiger partial charge in [-0.05, 0) is 51.0 Å². The summed E-state index contributed by atoms with van der Waals surface area (Å²) < 4.78 is 1.98. The smallest absolute Gasteiger partial charge is 0.0492 e. The first-order valence-corrected chi connectivity index (χ1v) is 7.36. The van der Waals surface area contributed by atoms with Crippen molar-refractivity contribution in [1.29, 1.82) is 0 Å². The largest absolute Gasteiger partial charge is 0.312 e. The highest BCUT2D eigenvalue weighted by Crippen LogP contribution is 2.32. The molecule has 0 amide bonds. The SMILES string of the molecule is CC(C)C(C)(CCc1ccnn1C)CNC(C)(C)C. The molecule has 0 saturated carbocycles. The van der Waals surface area contributed by atoms with E-state index >= 15 is 0 Å². The third-order valence-corrected chi connectivity index (χ3v) is 4.29. The highest BCUT2D eigenvalue weighted by atomic mass is 15.2. The van der Waals surface area contributed by atoms with Crippen LogP contribution < -0.4 is 5.32 Å². The fourth-order valence-corrected chi connectivity index (χ4v) is 2.11. The van der Waals surface area contributed by atoms with Crippen LogP contribution in [-0.4, -0.2) is 21.9 Å². The van der Waals surface area contributed by atoms with Gasteiger partial charge in [0.15, 0.2) is 0 Å². The highest BCUT2D eigenvalue weighted by molar-refractivity contribution is 5.01. The van der Waals surface area contributed by atoms with Crippen molar-refractivity contribution in [3.63, 3.8) is 0 Å². The van der Waals surface area contributed by atoms with Gasteiger partial charge in [-0.25, -0.2) is 0 Å². The molecule has 0 fully saturated rings. The van der Waals surface area contributed by atoms with Crippen molar-refractivity contribution in [2.45, 2.75) is 59.9 Å². The number of rotatable bonds is 6. The van der Waals surface area contributed by atoms with E-state index < -0.39 is 0 Å². The lowest BCUT2D eigenvalue weighted by atomic mass is 9.74. The van der Waals surface area contributed by atoms with E-state index in [0.29, 0.717) is 11.3 Å². The van der Waals surface area contributed by atoms with Crippen molar-refractivity contribution in [2.24, 2.45) is 18.4 Å². The Labute approximate surface area is 118 Å². The molecule has 0 aromatic carbocycles. The second-order valence-corrected chi connectivity index (χ2v) is 7.36. The van der Waals surface area contributed by atoms with Crippen LogP contribution in [0.2, 0.25) is 0 Å². The van der Waals surface area contributed by atoms with E-state index in [1.54, 1.807) is 0 Å². The summed E-state index contributed by atoms with van der Waals surface area (Å²) in [5.41, 5.74) is 1.82. The summed E-state index contributed by atoms with van der Waals surface area (Å²) in [7, 11) is 2.02. The molecule has 1 heterocycles. The normalized spacial score (nSPS) is 15.8. The summed E-state index contributed by atoms with van der Waals surface area (Å²) >= 11 is 0. The minimum Gasteiger partial charge on any atom is -0.312 e. The molecule has 0 radical (unpaired) electrons. The molecule has 1 aromatic rings. The average molecular weight is 265 g/mol. The Balaban J connectivity index is 2.64. The summed E-state index contributed by atoms with van der Waals surface area (Å²) in [4.78, 5) is 0.